The molecule has 0 saturated heterocycles. The molecular weight excluding hydrogens is 240 g/mol. The van der Waals surface area contributed by atoms with E-state index in [1.165, 1.54) is 38.6 Å². The van der Waals surface area contributed by atoms with E-state index < -0.39 is 0 Å². The third-order valence-electron chi connectivity index (χ3n) is 4.02. The normalized spacial score (nSPS) is 24.0. The van der Waals surface area contributed by atoms with Crippen LogP contribution in [0, 0.1) is 0 Å². The molecule has 1 aliphatic rings. The van der Waals surface area contributed by atoms with E-state index in [0.717, 1.165) is 25.2 Å². The molecule has 0 unspecified atom stereocenters. The van der Waals surface area contributed by atoms with Crippen LogP contribution >= 0.6 is 0 Å². The first kappa shape index (κ1) is 16.9. The summed E-state index contributed by atoms with van der Waals surface area (Å²) in [5.74, 6) is 0. The second-order valence-electron chi connectivity index (χ2n) is 5.55. The van der Waals surface area contributed by atoms with Gasteiger partial charge in [0.25, 0.3) is 0 Å². The molecule has 1 N–H and O–H groups in total. The summed E-state index contributed by atoms with van der Waals surface area (Å²) in [6, 6.07) is 1.49. The Hall–Kier alpha value is -0.160. The molecule has 0 aliphatic heterocycles. The molecule has 4 heteroatoms. The minimum Gasteiger partial charge on any atom is -0.382 e. The van der Waals surface area contributed by atoms with Gasteiger partial charge in [0, 0.05) is 25.7 Å². The van der Waals surface area contributed by atoms with Crippen molar-refractivity contribution >= 4 is 0 Å². The maximum absolute atomic E-state index is 5.53. The van der Waals surface area contributed by atoms with Gasteiger partial charge in [0.1, 0.15) is 0 Å². The van der Waals surface area contributed by atoms with Crippen LogP contribution in [-0.4, -0.2) is 64.1 Å². The monoisotopic (exact) mass is 272 g/mol. The maximum Gasteiger partial charge on any atom is 0.0700 e. The minimum atomic E-state index is 0.692. The fourth-order valence-electron chi connectivity index (χ4n) is 2.70. The molecule has 0 bridgehead atoms. The Morgan fingerprint density at radius 3 is 2.47 bits per heavy atom. The van der Waals surface area contributed by atoms with Crippen LogP contribution in [0.2, 0.25) is 0 Å². The summed E-state index contributed by atoms with van der Waals surface area (Å²) in [4.78, 5) is 2.46. The topological polar surface area (TPSA) is 33.7 Å². The summed E-state index contributed by atoms with van der Waals surface area (Å²) in [5, 5.41) is 3.64. The average Bonchev–Trinajstić information content (AvgIpc) is 2.45. The highest BCUT2D eigenvalue weighted by Gasteiger charge is 2.23. The van der Waals surface area contributed by atoms with Crippen molar-refractivity contribution < 1.29 is 9.47 Å². The Morgan fingerprint density at radius 1 is 1.11 bits per heavy atom. The van der Waals surface area contributed by atoms with Crippen LogP contribution in [0.4, 0.5) is 0 Å². The van der Waals surface area contributed by atoms with Gasteiger partial charge in [0.05, 0.1) is 19.8 Å². The van der Waals surface area contributed by atoms with Crippen LogP contribution in [0.1, 0.15) is 39.0 Å². The second-order valence-corrected chi connectivity index (χ2v) is 5.55. The Labute approximate surface area is 118 Å². The van der Waals surface area contributed by atoms with Gasteiger partial charge in [-0.1, -0.05) is 6.92 Å². The Balaban J connectivity index is 2.06. The van der Waals surface area contributed by atoms with Gasteiger partial charge >= 0.3 is 0 Å². The SMILES string of the molecule is CCCNC1CCC(N(C)CCOCCOC)CC1. The molecule has 0 heterocycles. The highest BCUT2D eigenvalue weighted by Crippen LogP contribution is 2.22. The van der Waals surface area contributed by atoms with Crippen LogP contribution in [0.3, 0.4) is 0 Å². The maximum atomic E-state index is 5.53. The number of nitrogens with one attached hydrogen (secondary N) is 1. The van der Waals surface area contributed by atoms with Crippen molar-refractivity contribution in [1.82, 2.24) is 10.2 Å². The van der Waals surface area contributed by atoms with Crippen molar-refractivity contribution in [2.24, 2.45) is 0 Å². The van der Waals surface area contributed by atoms with Gasteiger partial charge in [0.15, 0.2) is 0 Å². The van der Waals surface area contributed by atoms with E-state index in [4.69, 9.17) is 9.47 Å². The number of rotatable bonds is 10. The lowest BCUT2D eigenvalue weighted by molar-refractivity contribution is 0.0505. The molecule has 1 fully saturated rings. The molecule has 0 radical (unpaired) electrons. The lowest BCUT2D eigenvalue weighted by Crippen LogP contribution is -2.42. The molecule has 1 rings (SSSR count). The number of likely N-dealkylation sites (N-methyl/N-ethyl adjacent to an activating group) is 1. The van der Waals surface area contributed by atoms with Gasteiger partial charge in [-0.25, -0.2) is 0 Å². The molecule has 4 nitrogen and oxygen atoms in total. The first-order chi connectivity index (χ1) is 9.27. The molecule has 114 valence electrons. The fraction of sp³-hybridized carbons (Fsp3) is 1.00. The van der Waals surface area contributed by atoms with E-state index in [0.29, 0.717) is 13.2 Å². The predicted molar refractivity (Wildman–Crippen MR) is 79.7 cm³/mol. The third-order valence-corrected chi connectivity index (χ3v) is 4.02. The first-order valence-corrected chi connectivity index (χ1v) is 7.78. The van der Waals surface area contributed by atoms with Crippen LogP contribution in [0.15, 0.2) is 0 Å². The van der Waals surface area contributed by atoms with Crippen LogP contribution < -0.4 is 5.32 Å². The number of ether oxygens (including phenoxy) is 2. The zero-order valence-electron chi connectivity index (χ0n) is 13.0. The van der Waals surface area contributed by atoms with Gasteiger partial charge in [0.2, 0.25) is 0 Å². The summed E-state index contributed by atoms with van der Waals surface area (Å²) in [6.45, 7) is 6.64. The van der Waals surface area contributed by atoms with Crippen molar-refractivity contribution in [3.63, 3.8) is 0 Å². The zero-order chi connectivity index (χ0) is 13.9. The average molecular weight is 272 g/mol. The molecule has 0 aromatic heterocycles. The van der Waals surface area contributed by atoms with Gasteiger partial charge in [-0.3, -0.25) is 0 Å². The highest BCUT2D eigenvalue weighted by molar-refractivity contribution is 4.81. The number of nitrogens with zero attached hydrogens (tertiary/aromatic N) is 1. The standard InChI is InChI=1S/C15H32N2O2/c1-4-9-16-14-5-7-15(8-6-14)17(2)10-11-19-13-12-18-3/h14-16H,4-13H2,1-3H3. The largest absolute Gasteiger partial charge is 0.382 e. The molecular formula is C15H32N2O2. The third kappa shape index (κ3) is 7.25. The molecule has 0 aromatic carbocycles. The predicted octanol–water partition coefficient (Wildman–Crippen LogP) is 1.89. The van der Waals surface area contributed by atoms with E-state index >= 15 is 0 Å². The highest BCUT2D eigenvalue weighted by atomic mass is 16.5. The number of hydrogen-bond donors (Lipinski definition) is 1. The summed E-state index contributed by atoms with van der Waals surface area (Å²) in [6.07, 6.45) is 6.50. The van der Waals surface area contributed by atoms with Crippen molar-refractivity contribution in [2.45, 2.75) is 51.1 Å². The summed E-state index contributed by atoms with van der Waals surface area (Å²) in [5.41, 5.74) is 0. The summed E-state index contributed by atoms with van der Waals surface area (Å²) >= 11 is 0. The van der Waals surface area contributed by atoms with E-state index in [-0.39, 0.29) is 0 Å². The lowest BCUT2D eigenvalue weighted by Gasteiger charge is -2.35. The van der Waals surface area contributed by atoms with Crippen LogP contribution in [0.25, 0.3) is 0 Å². The summed E-state index contributed by atoms with van der Waals surface area (Å²) < 4.78 is 10.5. The molecule has 0 amide bonds. The molecule has 0 aromatic rings. The van der Waals surface area contributed by atoms with Crippen LogP contribution in [-0.2, 0) is 9.47 Å². The van der Waals surface area contributed by atoms with Gasteiger partial charge in [-0.2, -0.15) is 0 Å². The van der Waals surface area contributed by atoms with Crippen LogP contribution in [0.5, 0.6) is 0 Å². The lowest BCUT2D eigenvalue weighted by atomic mass is 9.90. The van der Waals surface area contributed by atoms with E-state index in [9.17, 15) is 0 Å². The van der Waals surface area contributed by atoms with Crippen molar-refractivity contribution in [2.75, 3.05) is 47.1 Å². The molecule has 1 saturated carbocycles. The van der Waals surface area contributed by atoms with Crippen molar-refractivity contribution in [3.05, 3.63) is 0 Å². The zero-order valence-corrected chi connectivity index (χ0v) is 13.0. The fourth-order valence-corrected chi connectivity index (χ4v) is 2.70. The quantitative estimate of drug-likeness (QED) is 0.616. The minimum absolute atomic E-state index is 0.692. The number of hydrogen-bond acceptors (Lipinski definition) is 4. The van der Waals surface area contributed by atoms with Gasteiger partial charge in [-0.05, 0) is 45.7 Å². The smallest absolute Gasteiger partial charge is 0.0700 e. The second kappa shape index (κ2) is 10.6. The van der Waals surface area contributed by atoms with E-state index in [2.05, 4.69) is 24.2 Å². The van der Waals surface area contributed by atoms with Gasteiger partial charge < -0.3 is 19.7 Å². The Morgan fingerprint density at radius 2 is 1.84 bits per heavy atom. The molecule has 19 heavy (non-hydrogen) atoms. The van der Waals surface area contributed by atoms with E-state index in [1.54, 1.807) is 7.11 Å². The molecule has 1 aliphatic carbocycles. The molecule has 0 spiro atoms. The van der Waals surface area contributed by atoms with Gasteiger partial charge in [-0.15, -0.1) is 0 Å². The van der Waals surface area contributed by atoms with Crippen molar-refractivity contribution in [1.29, 1.82) is 0 Å². The molecule has 0 atom stereocenters. The van der Waals surface area contributed by atoms with E-state index in [1.807, 2.05) is 0 Å². The number of methoxy groups -OCH3 is 1. The Bertz CT molecular complexity index is 206. The van der Waals surface area contributed by atoms with Crippen molar-refractivity contribution in [3.8, 4) is 0 Å². The first-order valence-electron chi connectivity index (χ1n) is 7.78. The Kier molecular flexibility index (Phi) is 9.43. The summed E-state index contributed by atoms with van der Waals surface area (Å²) in [7, 11) is 3.94.